The summed E-state index contributed by atoms with van der Waals surface area (Å²) in [6.45, 7) is 1.19. The van der Waals surface area contributed by atoms with Crippen molar-refractivity contribution in [3.05, 3.63) is 0 Å². The van der Waals surface area contributed by atoms with Crippen molar-refractivity contribution in [1.82, 2.24) is 0 Å². The second-order valence-electron chi connectivity index (χ2n) is 3.40. The summed E-state index contributed by atoms with van der Waals surface area (Å²) in [5.74, 6) is 0. The van der Waals surface area contributed by atoms with Gasteiger partial charge in [-0.1, -0.05) is 0 Å². The van der Waals surface area contributed by atoms with Crippen molar-refractivity contribution >= 4 is 0 Å². The summed E-state index contributed by atoms with van der Waals surface area (Å²) in [6, 6.07) is 2.15. The number of aliphatic hydroxyl groups is 1. The topological polar surface area (TPSA) is 62.5 Å². The van der Waals surface area contributed by atoms with Crippen molar-refractivity contribution in [2.45, 2.75) is 18.9 Å². The molecule has 4 heteroatoms. The van der Waals surface area contributed by atoms with E-state index in [1.807, 2.05) is 0 Å². The Labute approximate surface area is 78.1 Å². The summed E-state index contributed by atoms with van der Waals surface area (Å²) in [6.07, 6.45) is 0.769. The number of rotatable bonds is 3. The molecule has 0 aromatic rings. The van der Waals surface area contributed by atoms with Gasteiger partial charge >= 0.3 is 0 Å². The Morgan fingerprint density at radius 2 is 2.54 bits per heavy atom. The number of methoxy groups -OCH3 is 1. The van der Waals surface area contributed by atoms with Crippen molar-refractivity contribution in [2.24, 2.45) is 5.41 Å². The predicted octanol–water partition coefficient (Wildman–Crippen LogP) is 0.314. The van der Waals surface area contributed by atoms with E-state index in [0.717, 1.165) is 6.42 Å². The molecule has 74 valence electrons. The molecule has 1 rings (SSSR count). The maximum Gasteiger partial charge on any atom is 0.109 e. The third-order valence-corrected chi connectivity index (χ3v) is 2.46. The van der Waals surface area contributed by atoms with Crippen LogP contribution in [-0.4, -0.2) is 38.1 Å². The molecule has 2 unspecified atom stereocenters. The molecule has 1 aliphatic rings. The fourth-order valence-electron chi connectivity index (χ4n) is 1.56. The quantitative estimate of drug-likeness (QED) is 0.687. The van der Waals surface area contributed by atoms with Gasteiger partial charge in [-0.2, -0.15) is 5.26 Å². The van der Waals surface area contributed by atoms with Gasteiger partial charge in [0.05, 0.1) is 25.4 Å². The number of hydrogen-bond donors (Lipinski definition) is 1. The molecule has 0 amide bonds. The maximum absolute atomic E-state index is 9.70. The van der Waals surface area contributed by atoms with E-state index in [1.165, 1.54) is 7.11 Å². The third-order valence-electron chi connectivity index (χ3n) is 2.46. The molecule has 0 spiro atoms. The van der Waals surface area contributed by atoms with Crippen LogP contribution in [0.3, 0.4) is 0 Å². The first-order valence-electron chi connectivity index (χ1n) is 4.41. The molecule has 1 N–H and O–H groups in total. The minimum atomic E-state index is -0.756. The highest BCUT2D eigenvalue weighted by atomic mass is 16.5. The summed E-state index contributed by atoms with van der Waals surface area (Å²) < 4.78 is 10.0. The van der Waals surface area contributed by atoms with Crippen LogP contribution >= 0.6 is 0 Å². The molecule has 1 aliphatic heterocycles. The van der Waals surface area contributed by atoms with E-state index in [4.69, 9.17) is 14.7 Å². The number of aliphatic hydroxyl groups excluding tert-OH is 1. The molecule has 2 atom stereocenters. The number of nitriles is 1. The average molecular weight is 185 g/mol. The van der Waals surface area contributed by atoms with Gasteiger partial charge in [-0.15, -0.1) is 0 Å². The van der Waals surface area contributed by atoms with Gasteiger partial charge in [0.25, 0.3) is 0 Å². The van der Waals surface area contributed by atoms with Crippen molar-refractivity contribution < 1.29 is 14.6 Å². The minimum Gasteiger partial charge on any atom is -0.389 e. The first kappa shape index (κ1) is 10.5. The van der Waals surface area contributed by atoms with E-state index in [1.54, 1.807) is 0 Å². The lowest BCUT2D eigenvalue weighted by Gasteiger charge is -2.34. The molecule has 1 heterocycles. The molecule has 1 fully saturated rings. The van der Waals surface area contributed by atoms with Crippen LogP contribution in [0.5, 0.6) is 0 Å². The Bertz CT molecular complexity index is 194. The van der Waals surface area contributed by atoms with Crippen LogP contribution in [-0.2, 0) is 9.47 Å². The molecule has 0 radical (unpaired) electrons. The van der Waals surface area contributed by atoms with Gasteiger partial charge in [-0.3, -0.25) is 0 Å². The number of ether oxygens (including phenoxy) is 2. The Morgan fingerprint density at radius 1 is 1.77 bits per heavy atom. The van der Waals surface area contributed by atoms with E-state index >= 15 is 0 Å². The molecule has 4 nitrogen and oxygen atoms in total. The fourth-order valence-corrected chi connectivity index (χ4v) is 1.56. The predicted molar refractivity (Wildman–Crippen MR) is 46.0 cm³/mol. The van der Waals surface area contributed by atoms with Crippen molar-refractivity contribution in [3.8, 4) is 6.07 Å². The smallest absolute Gasteiger partial charge is 0.109 e. The standard InChI is InChI=1S/C9H15NO3/c1-12-5-8(11)9(6-10)3-2-4-13-7-9/h8,11H,2-5,7H2,1H3. The second-order valence-corrected chi connectivity index (χ2v) is 3.40. The summed E-state index contributed by atoms with van der Waals surface area (Å²) in [4.78, 5) is 0. The van der Waals surface area contributed by atoms with E-state index in [2.05, 4.69) is 6.07 Å². The van der Waals surface area contributed by atoms with E-state index in [-0.39, 0.29) is 6.61 Å². The molecule has 0 bridgehead atoms. The van der Waals surface area contributed by atoms with E-state index < -0.39 is 11.5 Å². The van der Waals surface area contributed by atoms with Gasteiger partial charge < -0.3 is 14.6 Å². The van der Waals surface area contributed by atoms with Crippen LogP contribution in [0.1, 0.15) is 12.8 Å². The largest absolute Gasteiger partial charge is 0.389 e. The first-order valence-corrected chi connectivity index (χ1v) is 4.41. The molecule has 0 aliphatic carbocycles. The Morgan fingerprint density at radius 3 is 3.00 bits per heavy atom. The molecule has 0 aromatic carbocycles. The van der Waals surface area contributed by atoms with Crippen molar-refractivity contribution in [1.29, 1.82) is 5.26 Å². The number of hydrogen-bond acceptors (Lipinski definition) is 4. The van der Waals surface area contributed by atoms with E-state index in [9.17, 15) is 5.11 Å². The zero-order chi connectivity index (χ0) is 9.73. The summed E-state index contributed by atoms with van der Waals surface area (Å²) in [7, 11) is 1.51. The Kier molecular flexibility index (Phi) is 3.67. The fraction of sp³-hybridized carbons (Fsp3) is 0.889. The highest BCUT2D eigenvalue weighted by Crippen LogP contribution is 2.31. The molecular formula is C9H15NO3. The van der Waals surface area contributed by atoms with Crippen LogP contribution in [0.25, 0.3) is 0 Å². The van der Waals surface area contributed by atoms with Gasteiger partial charge in [0.2, 0.25) is 0 Å². The minimum absolute atomic E-state index is 0.191. The van der Waals surface area contributed by atoms with E-state index in [0.29, 0.717) is 19.6 Å². The maximum atomic E-state index is 9.70. The Hall–Kier alpha value is -0.630. The zero-order valence-electron chi connectivity index (χ0n) is 7.82. The molecule has 0 saturated carbocycles. The van der Waals surface area contributed by atoms with Crippen LogP contribution in [0.4, 0.5) is 0 Å². The number of nitrogens with zero attached hydrogens (tertiary/aromatic N) is 1. The lowest BCUT2D eigenvalue weighted by molar-refractivity contribution is -0.0735. The lowest BCUT2D eigenvalue weighted by Crippen LogP contribution is -2.43. The van der Waals surface area contributed by atoms with Crippen molar-refractivity contribution in [2.75, 3.05) is 26.9 Å². The molecule has 1 saturated heterocycles. The summed E-state index contributed by atoms with van der Waals surface area (Å²) in [5, 5.41) is 18.7. The SMILES string of the molecule is COCC(O)C1(C#N)CCCOC1. The van der Waals surface area contributed by atoms with Crippen LogP contribution < -0.4 is 0 Å². The second kappa shape index (κ2) is 4.56. The first-order chi connectivity index (χ1) is 6.25. The van der Waals surface area contributed by atoms with Crippen LogP contribution in [0.2, 0.25) is 0 Å². The Balaban J connectivity index is 2.62. The third kappa shape index (κ3) is 2.19. The summed E-state index contributed by atoms with van der Waals surface area (Å²) >= 11 is 0. The van der Waals surface area contributed by atoms with Gasteiger partial charge in [0, 0.05) is 13.7 Å². The summed E-state index contributed by atoms with van der Waals surface area (Å²) in [5.41, 5.74) is -0.756. The monoisotopic (exact) mass is 185 g/mol. The highest BCUT2D eigenvalue weighted by molar-refractivity contribution is 5.04. The van der Waals surface area contributed by atoms with Crippen LogP contribution in [0, 0.1) is 16.7 Å². The van der Waals surface area contributed by atoms with Crippen LogP contribution in [0.15, 0.2) is 0 Å². The highest BCUT2D eigenvalue weighted by Gasteiger charge is 2.40. The normalized spacial score (nSPS) is 30.8. The van der Waals surface area contributed by atoms with Gasteiger partial charge in [0.15, 0.2) is 0 Å². The lowest BCUT2D eigenvalue weighted by atomic mass is 9.79. The van der Waals surface area contributed by atoms with Crippen molar-refractivity contribution in [3.63, 3.8) is 0 Å². The average Bonchev–Trinajstić information content (AvgIpc) is 2.19. The van der Waals surface area contributed by atoms with Gasteiger partial charge in [-0.05, 0) is 12.8 Å². The molecule has 0 aromatic heterocycles. The van der Waals surface area contributed by atoms with Gasteiger partial charge in [0.1, 0.15) is 5.41 Å². The molecule has 13 heavy (non-hydrogen) atoms. The zero-order valence-corrected chi connectivity index (χ0v) is 7.82. The van der Waals surface area contributed by atoms with Gasteiger partial charge in [-0.25, -0.2) is 0 Å². The molecular weight excluding hydrogens is 170 g/mol.